The van der Waals surface area contributed by atoms with Crippen molar-refractivity contribution in [3.8, 4) is 0 Å². The van der Waals surface area contributed by atoms with E-state index in [2.05, 4.69) is 14.6 Å². The molecule has 2 heterocycles. The van der Waals surface area contributed by atoms with Crippen LogP contribution in [0.2, 0.25) is 5.02 Å². The van der Waals surface area contributed by atoms with E-state index in [1.54, 1.807) is 0 Å². The maximum absolute atomic E-state index is 11.6. The minimum atomic E-state index is -0.657. The Balaban J connectivity index is 1.80. The molecule has 1 aromatic heterocycles. The summed E-state index contributed by atoms with van der Waals surface area (Å²) in [5.74, 6) is -0.405. The highest BCUT2D eigenvalue weighted by Crippen LogP contribution is 2.30. The number of anilines is 2. The van der Waals surface area contributed by atoms with Gasteiger partial charge in [-0.1, -0.05) is 23.7 Å². The highest BCUT2D eigenvalue weighted by molar-refractivity contribution is 6.33. The summed E-state index contributed by atoms with van der Waals surface area (Å²) in [4.78, 5) is 30.6. The summed E-state index contributed by atoms with van der Waals surface area (Å²) in [6.45, 7) is 2.41. The number of para-hydroxylation sites is 1. The summed E-state index contributed by atoms with van der Waals surface area (Å²) in [5, 5.41) is 12.1. The lowest BCUT2D eigenvalue weighted by Crippen LogP contribution is -2.47. The van der Waals surface area contributed by atoms with Gasteiger partial charge >= 0.3 is 11.7 Å². The number of ether oxygens (including phenoxy) is 1. The van der Waals surface area contributed by atoms with E-state index in [0.29, 0.717) is 31.2 Å². The topological polar surface area (TPSA) is 88.8 Å². The van der Waals surface area contributed by atoms with Crippen molar-refractivity contribution >= 4 is 34.8 Å². The summed E-state index contributed by atoms with van der Waals surface area (Å²) in [5.41, 5.74) is 0.786. The number of hydrogen-bond donors (Lipinski definition) is 0. The largest absolute Gasteiger partial charge is 0.465 e. The molecule has 1 saturated heterocycles. The fourth-order valence-corrected chi connectivity index (χ4v) is 3.18. The Morgan fingerprint density at radius 2 is 1.88 bits per heavy atom. The Bertz CT molecular complexity index is 837. The molecular weight excluding hydrogens is 360 g/mol. The summed E-state index contributed by atoms with van der Waals surface area (Å²) in [6.07, 6.45) is 1.30. The average Bonchev–Trinajstić information content (AvgIpc) is 2.67. The van der Waals surface area contributed by atoms with Crippen molar-refractivity contribution in [1.29, 1.82) is 0 Å². The van der Waals surface area contributed by atoms with Gasteiger partial charge < -0.3 is 14.5 Å². The zero-order valence-corrected chi connectivity index (χ0v) is 14.8. The minimum absolute atomic E-state index is 0.0534. The van der Waals surface area contributed by atoms with Gasteiger partial charge in [-0.2, -0.15) is 0 Å². The molecule has 1 aliphatic heterocycles. The maximum atomic E-state index is 11.6. The molecule has 0 amide bonds. The van der Waals surface area contributed by atoms with Crippen molar-refractivity contribution in [3.05, 3.63) is 57.2 Å². The SMILES string of the molecule is COC(=O)c1cnc(N2CCN(c3ccccc3Cl)CC2)c([N+](=O)[O-])c1. The predicted octanol–water partition coefficient (Wildman–Crippen LogP) is 2.76. The fraction of sp³-hybridized carbons (Fsp3) is 0.294. The van der Waals surface area contributed by atoms with Crippen LogP contribution in [0.3, 0.4) is 0 Å². The molecule has 1 aliphatic rings. The molecule has 0 radical (unpaired) electrons. The van der Waals surface area contributed by atoms with Crippen LogP contribution >= 0.6 is 11.6 Å². The van der Waals surface area contributed by atoms with Crippen molar-refractivity contribution in [3.63, 3.8) is 0 Å². The van der Waals surface area contributed by atoms with Gasteiger partial charge in [0.2, 0.25) is 5.82 Å². The van der Waals surface area contributed by atoms with E-state index in [9.17, 15) is 14.9 Å². The monoisotopic (exact) mass is 376 g/mol. The molecule has 9 heteroatoms. The molecular formula is C17H17ClN4O4. The molecule has 3 rings (SSSR count). The van der Waals surface area contributed by atoms with Crippen LogP contribution in [0.15, 0.2) is 36.5 Å². The van der Waals surface area contributed by atoms with E-state index in [1.807, 2.05) is 29.2 Å². The van der Waals surface area contributed by atoms with Crippen LogP contribution in [0.1, 0.15) is 10.4 Å². The van der Waals surface area contributed by atoms with Gasteiger partial charge in [0.05, 0.1) is 28.3 Å². The van der Waals surface area contributed by atoms with Crippen molar-refractivity contribution in [2.75, 3.05) is 43.1 Å². The van der Waals surface area contributed by atoms with Gasteiger partial charge in [-0.15, -0.1) is 0 Å². The molecule has 0 aliphatic carbocycles. The quantitative estimate of drug-likeness (QED) is 0.460. The van der Waals surface area contributed by atoms with Crippen molar-refractivity contribution in [2.45, 2.75) is 0 Å². The lowest BCUT2D eigenvalue weighted by molar-refractivity contribution is -0.384. The lowest BCUT2D eigenvalue weighted by atomic mass is 10.2. The number of benzene rings is 1. The van der Waals surface area contributed by atoms with Crippen LogP contribution in [0, 0.1) is 10.1 Å². The number of aromatic nitrogens is 1. The molecule has 0 N–H and O–H groups in total. The molecule has 0 spiro atoms. The second-order valence-corrected chi connectivity index (χ2v) is 6.15. The van der Waals surface area contributed by atoms with Gasteiger partial charge in [0, 0.05) is 38.4 Å². The molecule has 1 fully saturated rings. The second-order valence-electron chi connectivity index (χ2n) is 5.74. The molecule has 0 unspecified atom stereocenters. The Labute approximate surface area is 155 Å². The van der Waals surface area contributed by atoms with Crippen LogP contribution in [0.25, 0.3) is 0 Å². The van der Waals surface area contributed by atoms with E-state index >= 15 is 0 Å². The molecule has 0 bridgehead atoms. The zero-order chi connectivity index (χ0) is 18.7. The number of carbonyl (C=O) groups excluding carboxylic acids is 1. The normalized spacial score (nSPS) is 14.2. The summed E-state index contributed by atoms with van der Waals surface area (Å²) < 4.78 is 4.60. The highest BCUT2D eigenvalue weighted by atomic mass is 35.5. The summed E-state index contributed by atoms with van der Waals surface area (Å²) >= 11 is 6.24. The fourth-order valence-electron chi connectivity index (χ4n) is 2.92. The molecule has 0 saturated carbocycles. The number of esters is 1. The Morgan fingerprint density at radius 3 is 2.50 bits per heavy atom. The maximum Gasteiger partial charge on any atom is 0.339 e. The van der Waals surface area contributed by atoms with Gasteiger partial charge in [-0.3, -0.25) is 10.1 Å². The van der Waals surface area contributed by atoms with E-state index in [-0.39, 0.29) is 17.1 Å². The second kappa shape index (κ2) is 7.57. The average molecular weight is 377 g/mol. The number of nitrogens with zero attached hydrogens (tertiary/aromatic N) is 4. The molecule has 2 aromatic rings. The van der Waals surface area contributed by atoms with Crippen LogP contribution in [-0.2, 0) is 4.74 Å². The third-order valence-corrected chi connectivity index (χ3v) is 4.56. The van der Waals surface area contributed by atoms with Crippen LogP contribution in [0.5, 0.6) is 0 Å². The van der Waals surface area contributed by atoms with E-state index in [0.717, 1.165) is 5.69 Å². The molecule has 8 nitrogen and oxygen atoms in total. The zero-order valence-electron chi connectivity index (χ0n) is 14.1. The predicted molar refractivity (Wildman–Crippen MR) is 98.1 cm³/mol. The molecule has 136 valence electrons. The van der Waals surface area contributed by atoms with Gasteiger partial charge in [0.15, 0.2) is 0 Å². The van der Waals surface area contributed by atoms with Crippen LogP contribution in [0.4, 0.5) is 17.2 Å². The van der Waals surface area contributed by atoms with Crippen molar-refractivity contribution in [2.24, 2.45) is 0 Å². The van der Waals surface area contributed by atoms with Crippen LogP contribution < -0.4 is 9.80 Å². The number of hydrogen-bond acceptors (Lipinski definition) is 7. The number of piperazine rings is 1. The van der Waals surface area contributed by atoms with Gasteiger partial charge in [-0.05, 0) is 12.1 Å². The molecule has 1 aromatic carbocycles. The molecule has 0 atom stereocenters. The van der Waals surface area contributed by atoms with E-state index in [4.69, 9.17) is 11.6 Å². The van der Waals surface area contributed by atoms with Gasteiger partial charge in [0.1, 0.15) is 0 Å². The standard InChI is InChI=1S/C17H17ClN4O4/c1-26-17(23)12-10-15(22(24)25)16(19-11-12)21-8-6-20(7-9-21)14-5-3-2-4-13(14)18/h2-5,10-11H,6-9H2,1H3. The van der Waals surface area contributed by atoms with Gasteiger partial charge in [-0.25, -0.2) is 9.78 Å². The number of nitro groups is 1. The van der Waals surface area contributed by atoms with Crippen molar-refractivity contribution in [1.82, 2.24) is 4.98 Å². The number of carbonyl (C=O) groups is 1. The number of pyridine rings is 1. The minimum Gasteiger partial charge on any atom is -0.465 e. The smallest absolute Gasteiger partial charge is 0.339 e. The third-order valence-electron chi connectivity index (χ3n) is 4.24. The summed E-state index contributed by atoms with van der Waals surface area (Å²) in [7, 11) is 1.22. The van der Waals surface area contributed by atoms with E-state index in [1.165, 1.54) is 19.4 Å². The van der Waals surface area contributed by atoms with E-state index < -0.39 is 10.9 Å². The first-order chi connectivity index (χ1) is 12.5. The number of methoxy groups -OCH3 is 1. The third kappa shape index (κ3) is 3.55. The summed E-state index contributed by atoms with van der Waals surface area (Å²) in [6, 6.07) is 8.78. The van der Waals surface area contributed by atoms with Gasteiger partial charge in [0.25, 0.3) is 0 Å². The Morgan fingerprint density at radius 1 is 1.23 bits per heavy atom. The highest BCUT2D eigenvalue weighted by Gasteiger charge is 2.27. The van der Waals surface area contributed by atoms with Crippen LogP contribution in [-0.4, -0.2) is 49.2 Å². The Hall–Kier alpha value is -2.87. The number of rotatable bonds is 4. The Kier molecular flexibility index (Phi) is 5.22. The lowest BCUT2D eigenvalue weighted by Gasteiger charge is -2.36. The first-order valence-corrected chi connectivity index (χ1v) is 8.36. The first kappa shape index (κ1) is 17.9. The number of halogens is 1. The first-order valence-electron chi connectivity index (χ1n) is 7.98. The molecule has 26 heavy (non-hydrogen) atoms. The van der Waals surface area contributed by atoms with Crippen molar-refractivity contribution < 1.29 is 14.5 Å².